The van der Waals surface area contributed by atoms with Crippen molar-refractivity contribution >= 4 is 48.9 Å². The molecule has 3 heterocycles. The number of hydrogen-bond acceptors (Lipinski definition) is 8. The number of aromatic nitrogens is 3. The van der Waals surface area contributed by atoms with Gasteiger partial charge in [0.15, 0.2) is 12.4 Å². The van der Waals surface area contributed by atoms with Gasteiger partial charge in [0.05, 0.1) is 19.9 Å². The summed E-state index contributed by atoms with van der Waals surface area (Å²) < 4.78 is 13.5. The van der Waals surface area contributed by atoms with Crippen LogP contribution in [0, 0.1) is 12.8 Å². The number of nitrogens with zero attached hydrogens (tertiary/aromatic N) is 3. The molecule has 1 saturated carbocycles. The average Bonchev–Trinajstić information content (AvgIpc) is 3.11. The largest absolute Gasteiger partial charge is 0.483 e. The fraction of sp³-hybridized carbons (Fsp3) is 0.429. The van der Waals surface area contributed by atoms with Gasteiger partial charge >= 0.3 is 0 Å². The van der Waals surface area contributed by atoms with Crippen LogP contribution in [0.25, 0.3) is 20.3 Å². The highest BCUT2D eigenvalue weighted by molar-refractivity contribution is 7.21. The van der Waals surface area contributed by atoms with Crippen LogP contribution in [0.1, 0.15) is 55.4 Å². The van der Waals surface area contributed by atoms with Crippen LogP contribution in [-0.2, 0) is 4.79 Å². The lowest BCUT2D eigenvalue weighted by atomic mass is 10.0. The first-order chi connectivity index (χ1) is 14.5. The monoisotopic (exact) mass is 442 g/mol. The molecule has 9 heteroatoms. The Balaban J connectivity index is 1.31. The topological polar surface area (TPSA) is 90.1 Å². The maximum absolute atomic E-state index is 12.7. The third-order valence-corrected chi connectivity index (χ3v) is 7.02. The van der Waals surface area contributed by atoms with Crippen molar-refractivity contribution in [1.29, 1.82) is 0 Å². The van der Waals surface area contributed by atoms with E-state index in [1.165, 1.54) is 0 Å². The van der Waals surface area contributed by atoms with Gasteiger partial charge in [0.2, 0.25) is 5.89 Å². The van der Waals surface area contributed by atoms with Gasteiger partial charge in [0, 0.05) is 17.4 Å². The fourth-order valence-corrected chi connectivity index (χ4v) is 5.29. The van der Waals surface area contributed by atoms with E-state index in [9.17, 15) is 4.79 Å². The zero-order valence-corrected chi connectivity index (χ0v) is 18.6. The lowest BCUT2D eigenvalue weighted by Crippen LogP contribution is -2.35. The van der Waals surface area contributed by atoms with E-state index in [-0.39, 0.29) is 24.5 Å². The molecule has 1 fully saturated rings. The van der Waals surface area contributed by atoms with E-state index >= 15 is 0 Å². The van der Waals surface area contributed by atoms with Gasteiger partial charge in [0.1, 0.15) is 11.8 Å². The molecule has 4 aromatic rings. The molecule has 7 nitrogen and oxygen atoms in total. The molecule has 1 aliphatic carbocycles. The van der Waals surface area contributed by atoms with Crippen LogP contribution in [0.2, 0.25) is 0 Å². The molecule has 156 valence electrons. The van der Waals surface area contributed by atoms with E-state index < -0.39 is 0 Å². The number of fused-ring (bicyclic) bond motifs is 3. The summed E-state index contributed by atoms with van der Waals surface area (Å²) >= 11 is 3.26. The second kappa shape index (κ2) is 7.63. The third kappa shape index (κ3) is 3.67. The van der Waals surface area contributed by atoms with E-state index in [4.69, 9.17) is 9.26 Å². The predicted molar refractivity (Wildman–Crippen MR) is 117 cm³/mol. The Labute approximate surface area is 181 Å². The van der Waals surface area contributed by atoms with Gasteiger partial charge in [-0.15, -0.1) is 22.7 Å². The number of aryl methyl sites for hydroxylation is 1. The van der Waals surface area contributed by atoms with Crippen LogP contribution < -0.4 is 10.1 Å². The van der Waals surface area contributed by atoms with Crippen molar-refractivity contribution in [1.82, 2.24) is 20.4 Å². The van der Waals surface area contributed by atoms with Crippen molar-refractivity contribution in [3.8, 4) is 5.75 Å². The second-order valence-electron chi connectivity index (χ2n) is 7.96. The van der Waals surface area contributed by atoms with Crippen molar-refractivity contribution in [3.63, 3.8) is 0 Å². The van der Waals surface area contributed by atoms with Gasteiger partial charge in [-0.2, -0.15) is 4.98 Å². The zero-order valence-electron chi connectivity index (χ0n) is 17.0. The summed E-state index contributed by atoms with van der Waals surface area (Å²) in [6.45, 7) is 5.95. The zero-order chi connectivity index (χ0) is 20.8. The number of hydrogen-bond donors (Lipinski definition) is 1. The molecule has 0 saturated heterocycles. The van der Waals surface area contributed by atoms with Crippen LogP contribution in [0.5, 0.6) is 5.75 Å². The Morgan fingerprint density at radius 2 is 2.20 bits per heavy atom. The molecule has 1 aromatic carbocycles. The number of thiophene rings is 1. The summed E-state index contributed by atoms with van der Waals surface area (Å²) in [6.07, 6.45) is 2.21. The van der Waals surface area contributed by atoms with Crippen LogP contribution in [0.4, 0.5) is 0 Å². The van der Waals surface area contributed by atoms with Gasteiger partial charge in [0.25, 0.3) is 5.91 Å². The van der Waals surface area contributed by atoms with Crippen molar-refractivity contribution in [2.24, 2.45) is 5.92 Å². The molecule has 1 atom stereocenters. The number of ether oxygens (including phenoxy) is 1. The molecule has 1 aliphatic rings. The summed E-state index contributed by atoms with van der Waals surface area (Å²) in [5.41, 5.74) is 1.00. The standard InChI is InChI=1S/C21H22N4O3S2/c1-10(2)17(21-24-20(25-28-21)12-4-5-12)23-16(26)9-27-14-8-15-18(22-11(3)30-15)19-13(14)6-7-29-19/h6-8,10,12,17H,4-5,9H2,1-3H3,(H,23,26). The molecular weight excluding hydrogens is 420 g/mol. The summed E-state index contributed by atoms with van der Waals surface area (Å²) in [5, 5.41) is 11.1. The van der Waals surface area contributed by atoms with Crippen molar-refractivity contribution in [2.45, 2.75) is 45.6 Å². The van der Waals surface area contributed by atoms with Crippen molar-refractivity contribution < 1.29 is 14.1 Å². The molecule has 0 radical (unpaired) electrons. The Hall–Kier alpha value is -2.52. The minimum Gasteiger partial charge on any atom is -0.483 e. The quantitative estimate of drug-likeness (QED) is 0.434. The number of nitrogens with one attached hydrogen (secondary N) is 1. The SMILES string of the molecule is Cc1nc2c(cc(OCC(=O)NC(c3nc(C4CC4)no3)C(C)C)c3ccsc32)s1. The number of thiazole rings is 1. The number of carbonyl (C=O) groups excluding carboxylic acids is 1. The highest BCUT2D eigenvalue weighted by Crippen LogP contribution is 2.39. The van der Waals surface area contributed by atoms with E-state index in [0.717, 1.165) is 44.0 Å². The first-order valence-corrected chi connectivity index (χ1v) is 11.7. The average molecular weight is 443 g/mol. The fourth-order valence-electron chi connectivity index (χ4n) is 3.46. The first kappa shape index (κ1) is 19.4. The summed E-state index contributed by atoms with van der Waals surface area (Å²) in [6, 6.07) is 3.65. The maximum atomic E-state index is 12.7. The normalized spacial score (nSPS) is 15.2. The summed E-state index contributed by atoms with van der Waals surface area (Å²) in [5.74, 6) is 2.21. The van der Waals surface area contributed by atoms with Crippen molar-refractivity contribution in [2.75, 3.05) is 6.61 Å². The van der Waals surface area contributed by atoms with E-state index in [1.54, 1.807) is 22.7 Å². The van der Waals surface area contributed by atoms with Crippen LogP contribution in [0.15, 0.2) is 22.0 Å². The molecular formula is C21H22N4O3S2. The molecule has 5 rings (SSSR count). The first-order valence-electron chi connectivity index (χ1n) is 10.0. The Morgan fingerprint density at radius 3 is 2.97 bits per heavy atom. The van der Waals surface area contributed by atoms with Gasteiger partial charge in [-0.3, -0.25) is 4.79 Å². The summed E-state index contributed by atoms with van der Waals surface area (Å²) in [7, 11) is 0. The highest BCUT2D eigenvalue weighted by atomic mass is 32.1. The lowest BCUT2D eigenvalue weighted by Gasteiger charge is -2.18. The molecule has 3 aromatic heterocycles. The number of rotatable bonds is 7. The van der Waals surface area contributed by atoms with Crippen LogP contribution in [0.3, 0.4) is 0 Å². The molecule has 1 unspecified atom stereocenters. The number of benzene rings is 1. The van der Waals surface area contributed by atoms with Gasteiger partial charge in [-0.1, -0.05) is 19.0 Å². The van der Waals surface area contributed by atoms with Gasteiger partial charge in [-0.05, 0) is 37.1 Å². The molecule has 0 spiro atoms. The molecule has 1 amide bonds. The minimum atomic E-state index is -0.339. The number of amides is 1. The van der Waals surface area contributed by atoms with E-state index in [2.05, 4.69) is 20.4 Å². The maximum Gasteiger partial charge on any atom is 0.258 e. The van der Waals surface area contributed by atoms with Gasteiger partial charge < -0.3 is 14.6 Å². The lowest BCUT2D eigenvalue weighted by molar-refractivity contribution is -0.124. The van der Waals surface area contributed by atoms with Crippen LogP contribution >= 0.6 is 22.7 Å². The van der Waals surface area contributed by atoms with Crippen LogP contribution in [-0.4, -0.2) is 27.6 Å². The predicted octanol–water partition coefficient (Wildman–Crippen LogP) is 4.97. The summed E-state index contributed by atoms with van der Waals surface area (Å²) in [4.78, 5) is 21.8. The Bertz CT molecular complexity index is 1220. The molecule has 1 N–H and O–H groups in total. The van der Waals surface area contributed by atoms with E-state index in [1.807, 2.05) is 38.3 Å². The van der Waals surface area contributed by atoms with Gasteiger partial charge in [-0.25, -0.2) is 4.98 Å². The molecule has 0 bridgehead atoms. The second-order valence-corrected chi connectivity index (χ2v) is 10.1. The highest BCUT2D eigenvalue weighted by Gasteiger charge is 2.31. The molecule has 0 aliphatic heterocycles. The Morgan fingerprint density at radius 1 is 1.37 bits per heavy atom. The van der Waals surface area contributed by atoms with Crippen molar-refractivity contribution in [3.05, 3.63) is 34.2 Å². The van der Waals surface area contributed by atoms with E-state index in [0.29, 0.717) is 17.6 Å². The smallest absolute Gasteiger partial charge is 0.258 e. The number of carbonyl (C=O) groups is 1. The third-order valence-electron chi connectivity index (χ3n) is 5.18. The minimum absolute atomic E-state index is 0.0823. The molecule has 30 heavy (non-hydrogen) atoms. The Kier molecular flexibility index (Phi) is 4.94.